The van der Waals surface area contributed by atoms with Crippen LogP contribution >= 0.6 is 0 Å². The molecule has 0 aromatic heterocycles. The van der Waals surface area contributed by atoms with Gasteiger partial charge in [-0.05, 0) is 24.3 Å². The van der Waals surface area contributed by atoms with Crippen LogP contribution in [0.5, 0.6) is 0 Å². The van der Waals surface area contributed by atoms with Crippen LogP contribution in [0.25, 0.3) is 0 Å². The minimum atomic E-state index is -0.352. The number of benzene rings is 1. The van der Waals surface area contributed by atoms with Crippen LogP contribution < -0.4 is 5.32 Å². The van der Waals surface area contributed by atoms with Crippen molar-refractivity contribution >= 4 is 11.8 Å². The second-order valence-electron chi connectivity index (χ2n) is 5.11. The molecule has 1 heterocycles. The molecule has 0 unspecified atom stereocenters. The Kier molecular flexibility index (Phi) is 5.27. The third-order valence-electron chi connectivity index (χ3n) is 3.64. The Morgan fingerprint density at radius 3 is 2.33 bits per heavy atom. The molecule has 5 nitrogen and oxygen atoms in total. The number of halogens is 1. The zero-order valence-electron chi connectivity index (χ0n) is 12.1. The molecule has 1 aliphatic rings. The van der Waals surface area contributed by atoms with E-state index in [1.165, 1.54) is 24.3 Å². The number of hydrogen-bond acceptors (Lipinski definition) is 3. The molecule has 1 N–H and O–H groups in total. The van der Waals surface area contributed by atoms with Crippen LogP contribution in [-0.2, 0) is 4.79 Å². The smallest absolute Gasteiger partial charge is 0.251 e. The second-order valence-corrected chi connectivity index (χ2v) is 5.11. The first kappa shape index (κ1) is 15.4. The maximum absolute atomic E-state index is 12.8. The van der Waals surface area contributed by atoms with E-state index in [1.807, 2.05) is 4.90 Å². The molecule has 1 saturated heterocycles. The number of piperazine rings is 1. The summed E-state index contributed by atoms with van der Waals surface area (Å²) in [4.78, 5) is 27.1. The van der Waals surface area contributed by atoms with Gasteiger partial charge in [0.2, 0.25) is 5.91 Å². The van der Waals surface area contributed by atoms with Crippen molar-refractivity contribution in [2.24, 2.45) is 0 Å². The van der Waals surface area contributed by atoms with E-state index in [4.69, 9.17) is 0 Å². The highest BCUT2D eigenvalue weighted by molar-refractivity contribution is 5.94. The number of nitrogens with zero attached hydrogens (tertiary/aromatic N) is 2. The number of carbonyl (C=O) groups is 2. The van der Waals surface area contributed by atoms with Crippen LogP contribution in [0.4, 0.5) is 4.39 Å². The predicted molar refractivity (Wildman–Crippen MR) is 77.4 cm³/mol. The first-order valence-electron chi connectivity index (χ1n) is 7.08. The molecule has 21 heavy (non-hydrogen) atoms. The van der Waals surface area contributed by atoms with Gasteiger partial charge in [-0.2, -0.15) is 0 Å². The van der Waals surface area contributed by atoms with Gasteiger partial charge in [0, 0.05) is 51.8 Å². The predicted octanol–water partition coefficient (Wildman–Crippen LogP) is 0.720. The molecular formula is C15H20FN3O2. The first-order chi connectivity index (χ1) is 10.1. The minimum Gasteiger partial charge on any atom is -0.351 e. The Hall–Kier alpha value is -1.95. The molecule has 6 heteroatoms. The summed E-state index contributed by atoms with van der Waals surface area (Å²) in [6.07, 6.45) is 0. The Morgan fingerprint density at radius 2 is 1.76 bits per heavy atom. The van der Waals surface area contributed by atoms with E-state index in [2.05, 4.69) is 10.2 Å². The van der Waals surface area contributed by atoms with Gasteiger partial charge >= 0.3 is 0 Å². The summed E-state index contributed by atoms with van der Waals surface area (Å²) >= 11 is 0. The molecule has 0 radical (unpaired) electrons. The van der Waals surface area contributed by atoms with Gasteiger partial charge in [0.25, 0.3) is 5.91 Å². The molecule has 2 amide bonds. The maximum atomic E-state index is 12.8. The van der Waals surface area contributed by atoms with Crippen molar-refractivity contribution in [1.82, 2.24) is 15.1 Å². The molecule has 1 fully saturated rings. The van der Waals surface area contributed by atoms with Crippen LogP contribution in [0.2, 0.25) is 0 Å². The van der Waals surface area contributed by atoms with Gasteiger partial charge in [0.15, 0.2) is 0 Å². The Labute approximate surface area is 123 Å². The summed E-state index contributed by atoms with van der Waals surface area (Å²) in [7, 11) is 0. The van der Waals surface area contributed by atoms with E-state index in [9.17, 15) is 14.0 Å². The van der Waals surface area contributed by atoms with E-state index in [0.717, 1.165) is 32.7 Å². The van der Waals surface area contributed by atoms with E-state index in [1.54, 1.807) is 6.92 Å². The van der Waals surface area contributed by atoms with Gasteiger partial charge in [0.05, 0.1) is 0 Å². The molecule has 1 aromatic carbocycles. The monoisotopic (exact) mass is 293 g/mol. The third kappa shape index (κ3) is 4.53. The van der Waals surface area contributed by atoms with E-state index >= 15 is 0 Å². The number of hydrogen-bond donors (Lipinski definition) is 1. The number of amides is 2. The van der Waals surface area contributed by atoms with E-state index in [0.29, 0.717) is 12.1 Å². The Morgan fingerprint density at radius 1 is 1.14 bits per heavy atom. The quantitative estimate of drug-likeness (QED) is 0.890. The molecule has 0 spiro atoms. The lowest BCUT2D eigenvalue weighted by Crippen LogP contribution is -2.49. The SMILES string of the molecule is CC(=O)N1CCN(CCNC(=O)c2ccc(F)cc2)CC1. The molecule has 0 atom stereocenters. The number of rotatable bonds is 4. The van der Waals surface area contributed by atoms with Crippen LogP contribution in [-0.4, -0.2) is 60.9 Å². The molecule has 0 aliphatic carbocycles. The van der Waals surface area contributed by atoms with Crippen molar-refractivity contribution < 1.29 is 14.0 Å². The average Bonchev–Trinajstić information content (AvgIpc) is 2.48. The molecule has 0 bridgehead atoms. The van der Waals surface area contributed by atoms with Crippen LogP contribution in [0.3, 0.4) is 0 Å². The van der Waals surface area contributed by atoms with Crippen molar-refractivity contribution in [3.63, 3.8) is 0 Å². The highest BCUT2D eigenvalue weighted by Crippen LogP contribution is 2.03. The highest BCUT2D eigenvalue weighted by atomic mass is 19.1. The van der Waals surface area contributed by atoms with Gasteiger partial charge in [-0.15, -0.1) is 0 Å². The summed E-state index contributed by atoms with van der Waals surface area (Å²) in [5.74, 6) is -0.438. The van der Waals surface area contributed by atoms with Crippen molar-refractivity contribution in [3.05, 3.63) is 35.6 Å². The zero-order valence-corrected chi connectivity index (χ0v) is 12.1. The lowest BCUT2D eigenvalue weighted by atomic mass is 10.2. The van der Waals surface area contributed by atoms with Crippen molar-refractivity contribution in [2.75, 3.05) is 39.3 Å². The van der Waals surface area contributed by atoms with Gasteiger partial charge in [-0.25, -0.2) is 4.39 Å². The molecule has 1 aromatic rings. The first-order valence-corrected chi connectivity index (χ1v) is 7.08. The molecular weight excluding hydrogens is 273 g/mol. The third-order valence-corrected chi connectivity index (χ3v) is 3.64. The molecule has 2 rings (SSSR count). The molecule has 114 valence electrons. The van der Waals surface area contributed by atoms with Crippen LogP contribution in [0, 0.1) is 5.82 Å². The summed E-state index contributed by atoms with van der Waals surface area (Å²) in [5.41, 5.74) is 0.456. The largest absolute Gasteiger partial charge is 0.351 e. The second kappa shape index (κ2) is 7.17. The fourth-order valence-corrected chi connectivity index (χ4v) is 2.32. The number of nitrogens with one attached hydrogen (secondary N) is 1. The lowest BCUT2D eigenvalue weighted by molar-refractivity contribution is -0.130. The number of carbonyl (C=O) groups excluding carboxylic acids is 2. The van der Waals surface area contributed by atoms with E-state index < -0.39 is 0 Å². The van der Waals surface area contributed by atoms with Crippen LogP contribution in [0.15, 0.2) is 24.3 Å². The fourth-order valence-electron chi connectivity index (χ4n) is 2.32. The van der Waals surface area contributed by atoms with E-state index in [-0.39, 0.29) is 17.6 Å². The molecule has 1 aliphatic heterocycles. The normalized spacial score (nSPS) is 15.8. The summed E-state index contributed by atoms with van der Waals surface area (Å²) in [5, 5.41) is 2.82. The van der Waals surface area contributed by atoms with Crippen LogP contribution in [0.1, 0.15) is 17.3 Å². The maximum Gasteiger partial charge on any atom is 0.251 e. The zero-order chi connectivity index (χ0) is 15.2. The molecule has 0 saturated carbocycles. The Bertz CT molecular complexity index is 496. The van der Waals surface area contributed by atoms with Gasteiger partial charge in [-0.3, -0.25) is 14.5 Å². The summed E-state index contributed by atoms with van der Waals surface area (Å²) < 4.78 is 12.8. The summed E-state index contributed by atoms with van der Waals surface area (Å²) in [6, 6.07) is 5.48. The fraction of sp³-hybridized carbons (Fsp3) is 0.467. The standard InChI is InChI=1S/C15H20FN3O2/c1-12(20)19-10-8-18(9-11-19)7-6-17-15(21)13-2-4-14(16)5-3-13/h2-5H,6-11H2,1H3,(H,17,21). The lowest BCUT2D eigenvalue weighted by Gasteiger charge is -2.34. The topological polar surface area (TPSA) is 52.7 Å². The minimum absolute atomic E-state index is 0.110. The van der Waals surface area contributed by atoms with Gasteiger partial charge in [0.1, 0.15) is 5.82 Å². The van der Waals surface area contributed by atoms with Crippen molar-refractivity contribution in [1.29, 1.82) is 0 Å². The summed E-state index contributed by atoms with van der Waals surface area (Å²) in [6.45, 7) is 5.99. The van der Waals surface area contributed by atoms with Gasteiger partial charge < -0.3 is 10.2 Å². The van der Waals surface area contributed by atoms with Crippen molar-refractivity contribution in [3.8, 4) is 0 Å². The van der Waals surface area contributed by atoms with Crippen molar-refractivity contribution in [2.45, 2.75) is 6.92 Å². The average molecular weight is 293 g/mol. The van der Waals surface area contributed by atoms with Gasteiger partial charge in [-0.1, -0.05) is 0 Å². The Balaban J connectivity index is 1.69. The highest BCUT2D eigenvalue weighted by Gasteiger charge is 2.18.